The molecule has 2 aliphatic heterocycles. The van der Waals surface area contributed by atoms with Crippen LogP contribution in [0.25, 0.3) is 0 Å². The Labute approximate surface area is 356 Å². The maximum absolute atomic E-state index is 10.9. The average molecular weight is 854 g/mol. The topological polar surface area (TPSA) is 129 Å². The number of hydrogen-bond donors (Lipinski definition) is 2. The lowest BCUT2D eigenvalue weighted by Crippen LogP contribution is -2.50. The lowest BCUT2D eigenvalue weighted by molar-refractivity contribution is -0.494. The van der Waals surface area contributed by atoms with E-state index >= 15 is 0 Å². The molecule has 11 heteroatoms. The van der Waals surface area contributed by atoms with Gasteiger partial charge in [0.25, 0.3) is 9.05 Å². The van der Waals surface area contributed by atoms with Crippen molar-refractivity contribution in [3.8, 4) is 0 Å². The molecular formula is C47H77ClO9S. The van der Waals surface area contributed by atoms with Crippen LogP contribution in [0.3, 0.4) is 0 Å². The fourth-order valence-electron chi connectivity index (χ4n) is 7.68. The summed E-state index contributed by atoms with van der Waals surface area (Å²) in [6, 6.07) is 6.37. The second-order valence-electron chi connectivity index (χ2n) is 20.0. The van der Waals surface area contributed by atoms with Gasteiger partial charge in [0.1, 0.15) is 17.0 Å². The molecule has 1 aromatic rings. The molecule has 0 amide bonds. The van der Waals surface area contributed by atoms with Crippen LogP contribution in [0.5, 0.6) is 0 Å². The Hall–Kier alpha value is -1.89. The zero-order valence-electron chi connectivity index (χ0n) is 38.0. The molecule has 2 N–H and O–H groups in total. The molecule has 1 aromatic carbocycles. The summed E-state index contributed by atoms with van der Waals surface area (Å²) in [7, 11) is 1.54. The molecule has 2 atom stereocenters. The number of benzene rings is 1. The van der Waals surface area contributed by atoms with E-state index in [0.717, 1.165) is 68.8 Å². The number of carbonyl (C=O) groups is 1. The summed E-state index contributed by atoms with van der Waals surface area (Å²) >= 11 is 0. The van der Waals surface area contributed by atoms with Gasteiger partial charge in [-0.3, -0.25) is 4.79 Å². The molecule has 2 saturated carbocycles. The zero-order valence-corrected chi connectivity index (χ0v) is 39.5. The maximum atomic E-state index is 10.9. The molecule has 1 saturated heterocycles. The number of fused-ring (bicyclic) bond motifs is 2. The van der Waals surface area contributed by atoms with Gasteiger partial charge in [-0.15, -0.1) is 0 Å². The van der Waals surface area contributed by atoms with Crippen LogP contribution in [0.1, 0.15) is 166 Å². The van der Waals surface area contributed by atoms with Crippen molar-refractivity contribution in [2.75, 3.05) is 0 Å². The normalized spacial score (nSPS) is 24.8. The van der Waals surface area contributed by atoms with E-state index in [1.165, 1.54) is 30.5 Å². The minimum Gasteiger partial charge on any atom is -0.300 e. The Morgan fingerprint density at radius 3 is 1.60 bits per heavy atom. The molecule has 9 nitrogen and oxygen atoms in total. The van der Waals surface area contributed by atoms with Gasteiger partial charge in [-0.1, -0.05) is 122 Å². The third-order valence-electron chi connectivity index (χ3n) is 12.6. The third-order valence-corrected chi connectivity index (χ3v) is 14.0. The molecule has 6 aliphatic rings. The molecule has 0 spiro atoms. The summed E-state index contributed by atoms with van der Waals surface area (Å²) < 4.78 is 21.4. The van der Waals surface area contributed by atoms with Crippen molar-refractivity contribution in [3.05, 3.63) is 65.3 Å². The Morgan fingerprint density at radius 2 is 1.26 bits per heavy atom. The van der Waals surface area contributed by atoms with Crippen molar-refractivity contribution in [3.63, 3.8) is 0 Å². The summed E-state index contributed by atoms with van der Waals surface area (Å²) in [6.45, 7) is 28.4. The van der Waals surface area contributed by atoms with E-state index in [9.17, 15) is 13.2 Å². The van der Waals surface area contributed by atoms with Crippen LogP contribution in [-0.4, -0.2) is 41.7 Å². The van der Waals surface area contributed by atoms with Gasteiger partial charge < -0.3 is 0 Å². The van der Waals surface area contributed by atoms with Crippen molar-refractivity contribution < 1.29 is 43.3 Å². The first kappa shape index (κ1) is 52.2. The van der Waals surface area contributed by atoms with Crippen LogP contribution in [-0.2, 0) is 33.4 Å². The van der Waals surface area contributed by atoms with Crippen LogP contribution < -0.4 is 0 Å². The fraction of sp³-hybridized carbons (Fsp3) is 0.723. The second kappa shape index (κ2) is 22.3. The molecular weight excluding hydrogens is 776 g/mol. The Bertz CT molecular complexity index is 1600. The van der Waals surface area contributed by atoms with Crippen molar-refractivity contribution >= 4 is 25.5 Å². The van der Waals surface area contributed by atoms with Crippen LogP contribution in [0.2, 0.25) is 0 Å². The number of rotatable bonds is 5. The molecule has 2 bridgehead atoms. The van der Waals surface area contributed by atoms with Crippen molar-refractivity contribution in [1.29, 1.82) is 0 Å². The van der Waals surface area contributed by atoms with E-state index in [-0.39, 0.29) is 21.5 Å². The van der Waals surface area contributed by atoms with Crippen LogP contribution in [0.15, 0.2) is 64.6 Å². The summed E-state index contributed by atoms with van der Waals surface area (Å²) in [6.07, 6.45) is 20.3. The lowest BCUT2D eigenvalue weighted by atomic mass is 9.71. The molecule has 332 valence electrons. The number of carbonyl (C=O) groups excluding carboxylic acids is 1. The summed E-state index contributed by atoms with van der Waals surface area (Å²) in [5, 5.41) is 17.3. The average Bonchev–Trinajstić information content (AvgIpc) is 3.16. The number of halogens is 1. The van der Waals surface area contributed by atoms with Crippen molar-refractivity contribution in [2.24, 2.45) is 34.5 Å². The first-order chi connectivity index (χ1) is 26.7. The summed E-state index contributed by atoms with van der Waals surface area (Å²) in [4.78, 5) is 30.3. The Kier molecular flexibility index (Phi) is 20.1. The van der Waals surface area contributed by atoms with Crippen molar-refractivity contribution in [1.82, 2.24) is 0 Å². The molecule has 7 rings (SSSR count). The van der Waals surface area contributed by atoms with Gasteiger partial charge in [0.05, 0.1) is 4.90 Å². The highest BCUT2D eigenvalue weighted by molar-refractivity contribution is 8.13. The predicted octanol–water partition coefficient (Wildman–Crippen LogP) is 13.4. The van der Waals surface area contributed by atoms with Gasteiger partial charge in [-0.2, -0.15) is 0 Å². The van der Waals surface area contributed by atoms with E-state index in [1.807, 2.05) is 6.92 Å². The van der Waals surface area contributed by atoms with Crippen LogP contribution >= 0.6 is 10.7 Å². The van der Waals surface area contributed by atoms with E-state index in [1.54, 1.807) is 17.7 Å². The SMILES string of the molecule is CC(C)(C)C1CCC(=O)CC1.CC(C)(C)C1CCC(OO)(OO)CC1.CC(C)C12C=CC(C)(CC1)OO2.CC1=CC=C(C(C)C)CC1.Cc1ccc(S(=O)(=O)Cl)cc1. The highest BCUT2D eigenvalue weighted by Crippen LogP contribution is 2.45. The van der Waals surface area contributed by atoms with Crippen LogP contribution in [0, 0.1) is 41.4 Å². The monoisotopic (exact) mass is 852 g/mol. The fourth-order valence-corrected chi connectivity index (χ4v) is 8.45. The van der Waals surface area contributed by atoms with Gasteiger partial charge in [0.2, 0.25) is 5.79 Å². The molecule has 0 aromatic heterocycles. The quantitative estimate of drug-likeness (QED) is 0.0978. The molecule has 58 heavy (non-hydrogen) atoms. The van der Waals surface area contributed by atoms with Gasteiger partial charge in [-0.05, 0) is 119 Å². The van der Waals surface area contributed by atoms with Crippen LogP contribution in [0.4, 0.5) is 0 Å². The Balaban J connectivity index is 0.000000251. The molecule has 0 radical (unpaired) electrons. The molecule has 3 fully saturated rings. The van der Waals surface area contributed by atoms with E-state index in [2.05, 4.69) is 117 Å². The largest absolute Gasteiger partial charge is 0.300 e. The zero-order chi connectivity index (χ0) is 44.2. The molecule has 2 heterocycles. The lowest BCUT2D eigenvalue weighted by Gasteiger charge is -2.47. The number of aryl methyl sites for hydroxylation is 1. The summed E-state index contributed by atoms with van der Waals surface area (Å²) in [5.74, 6) is 1.86. The molecule has 4 aliphatic carbocycles. The highest BCUT2D eigenvalue weighted by atomic mass is 35.7. The number of Topliss-reactive ketones (excluding diaryl/α,β-unsaturated/α-hetero) is 1. The van der Waals surface area contributed by atoms with Crippen molar-refractivity contribution in [2.45, 2.75) is 189 Å². The molecule has 2 unspecified atom stereocenters. The highest BCUT2D eigenvalue weighted by Gasteiger charge is 2.47. The standard InChI is InChI=1S/C10H20O4.C10H16O2.C10H18O.C10H16.C7H7ClO2S/c1-9(2,3)8-4-6-10(13-11,14-12)7-5-8;1-8(2)10-6-4-9(3,5-7-10)11-12-10;1-10(2,3)8-4-6-9(11)7-5-8;1-8(2)10-6-4-9(3)5-7-10;1-6-2-4-7(5-3-6)11(8,9)10/h8,11-12H,4-7H2,1-3H3;4,6,8H,5,7H2,1-3H3;8H,4-7H2,1-3H3;4,6,8H,5,7H2,1-3H3;2-5H,1H3. The third kappa shape index (κ3) is 16.9. The van der Waals surface area contributed by atoms with Gasteiger partial charge in [0.15, 0.2) is 0 Å². The van der Waals surface area contributed by atoms with E-state index < -0.39 is 14.8 Å². The Morgan fingerprint density at radius 1 is 0.741 bits per heavy atom. The minimum absolute atomic E-state index is 0.141. The first-order valence-corrected chi connectivity index (χ1v) is 23.6. The van der Waals surface area contributed by atoms with E-state index in [0.29, 0.717) is 35.9 Å². The maximum Gasteiger partial charge on any atom is 0.261 e. The number of hydrogen-bond acceptors (Lipinski definition) is 9. The van der Waals surface area contributed by atoms with E-state index in [4.69, 9.17) is 31.0 Å². The minimum atomic E-state index is -3.55. The number of allylic oxidation sites excluding steroid dienone is 4. The van der Waals surface area contributed by atoms with Gasteiger partial charge >= 0.3 is 0 Å². The van der Waals surface area contributed by atoms with Gasteiger partial charge in [-0.25, -0.2) is 38.5 Å². The second-order valence-corrected chi connectivity index (χ2v) is 22.6. The number of ketones is 1. The smallest absolute Gasteiger partial charge is 0.261 e. The van der Waals surface area contributed by atoms with Gasteiger partial charge in [0, 0.05) is 36.4 Å². The first-order valence-electron chi connectivity index (χ1n) is 21.3. The summed E-state index contributed by atoms with van der Waals surface area (Å²) in [5.41, 5.74) is 4.50. The predicted molar refractivity (Wildman–Crippen MR) is 235 cm³/mol.